The van der Waals surface area contributed by atoms with Gasteiger partial charge in [-0.15, -0.1) is 0 Å². The highest BCUT2D eigenvalue weighted by Crippen LogP contribution is 2.31. The number of aromatic nitrogens is 2. The van der Waals surface area contributed by atoms with Crippen LogP contribution in [0, 0.1) is 10.5 Å². The number of aryl methyl sites for hydroxylation is 1. The maximum atomic E-state index is 11.6. The van der Waals surface area contributed by atoms with E-state index in [2.05, 4.69) is 32.6 Å². The zero-order valence-corrected chi connectivity index (χ0v) is 16.2. The van der Waals surface area contributed by atoms with E-state index in [-0.39, 0.29) is 0 Å². The second kappa shape index (κ2) is 6.60. The quantitative estimate of drug-likeness (QED) is 0.564. The van der Waals surface area contributed by atoms with Gasteiger partial charge in [0.2, 0.25) is 0 Å². The van der Waals surface area contributed by atoms with E-state index in [0.717, 1.165) is 31.6 Å². The third-order valence-electron chi connectivity index (χ3n) is 3.63. The Labute approximate surface area is 155 Å². The molecule has 0 unspecified atom stereocenters. The summed E-state index contributed by atoms with van der Waals surface area (Å²) in [7, 11) is -3.20. The second-order valence-corrected chi connectivity index (χ2v) is 8.80. The minimum Gasteiger partial charge on any atom is -0.261 e. The first kappa shape index (κ1) is 17.0. The Bertz CT molecular complexity index is 983. The lowest BCUT2D eigenvalue weighted by atomic mass is 10.0. The topological polar surface area (TPSA) is 59.9 Å². The third-order valence-corrected chi connectivity index (χ3v) is 5.35. The molecule has 0 amide bonds. The molecule has 1 aromatic carbocycles. The van der Waals surface area contributed by atoms with Crippen LogP contribution >= 0.6 is 22.6 Å². The van der Waals surface area contributed by atoms with Gasteiger partial charge in [-0.1, -0.05) is 12.1 Å². The first-order valence-corrected chi connectivity index (χ1v) is 10.2. The highest BCUT2D eigenvalue weighted by molar-refractivity contribution is 14.1. The van der Waals surface area contributed by atoms with Crippen molar-refractivity contribution < 1.29 is 8.42 Å². The summed E-state index contributed by atoms with van der Waals surface area (Å²) >= 11 is 2.22. The molecule has 6 heteroatoms. The van der Waals surface area contributed by atoms with Crippen molar-refractivity contribution in [2.24, 2.45) is 0 Å². The van der Waals surface area contributed by atoms with Crippen LogP contribution in [0.1, 0.15) is 5.69 Å². The van der Waals surface area contributed by atoms with Crippen molar-refractivity contribution in [1.82, 2.24) is 9.97 Å². The Morgan fingerprint density at radius 1 is 0.917 bits per heavy atom. The summed E-state index contributed by atoms with van der Waals surface area (Å²) in [6, 6.07) is 12.9. The molecule has 0 aliphatic rings. The fourth-order valence-corrected chi connectivity index (χ4v) is 3.46. The fourth-order valence-electron chi connectivity index (χ4n) is 2.38. The van der Waals surface area contributed by atoms with Gasteiger partial charge < -0.3 is 0 Å². The molecule has 0 saturated heterocycles. The average molecular weight is 450 g/mol. The van der Waals surface area contributed by atoms with Gasteiger partial charge in [-0.2, -0.15) is 0 Å². The van der Waals surface area contributed by atoms with E-state index in [1.165, 1.54) is 6.26 Å². The number of rotatable bonds is 3. The molecule has 0 fully saturated rings. The Kier molecular flexibility index (Phi) is 4.69. The Morgan fingerprint density at radius 3 is 2.17 bits per heavy atom. The monoisotopic (exact) mass is 450 g/mol. The fraction of sp³-hybridized carbons (Fsp3) is 0.111. The van der Waals surface area contributed by atoms with Gasteiger partial charge in [-0.25, -0.2) is 8.42 Å². The van der Waals surface area contributed by atoms with Crippen molar-refractivity contribution in [3.63, 3.8) is 0 Å². The van der Waals surface area contributed by atoms with Gasteiger partial charge in [-0.05, 0) is 65.4 Å². The van der Waals surface area contributed by atoms with Crippen molar-refractivity contribution in [3.8, 4) is 22.4 Å². The van der Waals surface area contributed by atoms with E-state index < -0.39 is 9.84 Å². The standard InChI is InChI=1S/C18H15IN2O2S/c1-12-3-4-14(10-20-12)18-17(9-15(19)11-21-18)13-5-7-16(8-6-13)24(2,22)23/h3-11H,1-2H3. The molecule has 0 bridgehead atoms. The summed E-state index contributed by atoms with van der Waals surface area (Å²) in [5, 5.41) is 0. The van der Waals surface area contributed by atoms with Gasteiger partial charge in [0.05, 0.1) is 10.6 Å². The minimum atomic E-state index is -3.20. The highest BCUT2D eigenvalue weighted by Gasteiger charge is 2.12. The van der Waals surface area contributed by atoms with Crippen molar-refractivity contribution in [2.45, 2.75) is 11.8 Å². The molecule has 2 heterocycles. The molecule has 2 aromatic heterocycles. The van der Waals surface area contributed by atoms with Crippen molar-refractivity contribution in [1.29, 1.82) is 0 Å². The summed E-state index contributed by atoms with van der Waals surface area (Å²) in [5.74, 6) is 0. The van der Waals surface area contributed by atoms with Crippen LogP contribution in [0.25, 0.3) is 22.4 Å². The number of nitrogens with zero attached hydrogens (tertiary/aromatic N) is 2. The van der Waals surface area contributed by atoms with E-state index in [1.807, 2.05) is 43.5 Å². The van der Waals surface area contributed by atoms with E-state index >= 15 is 0 Å². The highest BCUT2D eigenvalue weighted by atomic mass is 127. The van der Waals surface area contributed by atoms with Crippen LogP contribution in [0.4, 0.5) is 0 Å². The molecule has 0 spiro atoms. The number of sulfone groups is 1. The van der Waals surface area contributed by atoms with Crippen LogP contribution < -0.4 is 0 Å². The summed E-state index contributed by atoms with van der Waals surface area (Å²) in [4.78, 5) is 9.21. The van der Waals surface area contributed by atoms with Gasteiger partial charge in [0.15, 0.2) is 9.84 Å². The smallest absolute Gasteiger partial charge is 0.175 e. The van der Waals surface area contributed by atoms with Crippen LogP contribution in [0.2, 0.25) is 0 Å². The molecule has 0 atom stereocenters. The van der Waals surface area contributed by atoms with Gasteiger partial charge in [0.25, 0.3) is 0 Å². The molecule has 0 aliphatic heterocycles. The zero-order valence-electron chi connectivity index (χ0n) is 13.2. The molecule has 3 rings (SSSR count). The minimum absolute atomic E-state index is 0.309. The average Bonchev–Trinajstić information content (AvgIpc) is 2.55. The molecule has 24 heavy (non-hydrogen) atoms. The van der Waals surface area contributed by atoms with Crippen molar-refractivity contribution in [2.75, 3.05) is 6.26 Å². The first-order valence-electron chi connectivity index (χ1n) is 7.24. The Hall–Kier alpha value is -1.80. The van der Waals surface area contributed by atoms with Crippen molar-refractivity contribution >= 4 is 32.4 Å². The molecule has 4 nitrogen and oxygen atoms in total. The Balaban J connectivity index is 2.13. The van der Waals surface area contributed by atoms with Crippen LogP contribution in [-0.2, 0) is 9.84 Å². The summed E-state index contributed by atoms with van der Waals surface area (Å²) in [6.07, 6.45) is 4.82. The molecule has 0 N–H and O–H groups in total. The number of benzene rings is 1. The third kappa shape index (κ3) is 3.64. The summed E-state index contributed by atoms with van der Waals surface area (Å²) in [5.41, 5.74) is 4.58. The normalized spacial score (nSPS) is 11.5. The zero-order chi connectivity index (χ0) is 17.3. The van der Waals surface area contributed by atoms with E-state index in [1.54, 1.807) is 18.3 Å². The molecule has 0 aliphatic carbocycles. The lowest BCUT2D eigenvalue weighted by molar-refractivity contribution is 0.602. The van der Waals surface area contributed by atoms with Crippen LogP contribution in [0.15, 0.2) is 59.8 Å². The molecule has 3 aromatic rings. The number of hydrogen-bond donors (Lipinski definition) is 0. The van der Waals surface area contributed by atoms with E-state index in [9.17, 15) is 8.42 Å². The van der Waals surface area contributed by atoms with Gasteiger partial charge in [0, 0.05) is 39.0 Å². The summed E-state index contributed by atoms with van der Waals surface area (Å²) < 4.78 is 24.3. The predicted octanol–water partition coefficient (Wildman–Crippen LogP) is 4.13. The number of hydrogen-bond acceptors (Lipinski definition) is 4. The molecular formula is C18H15IN2O2S. The number of halogens is 1. The van der Waals surface area contributed by atoms with Gasteiger partial charge in [0.1, 0.15) is 0 Å². The SMILES string of the molecule is Cc1ccc(-c2ncc(I)cc2-c2ccc(S(C)(=O)=O)cc2)cn1. The van der Waals surface area contributed by atoms with Gasteiger partial charge in [-0.3, -0.25) is 9.97 Å². The van der Waals surface area contributed by atoms with E-state index in [4.69, 9.17) is 0 Å². The lowest BCUT2D eigenvalue weighted by Gasteiger charge is -2.10. The van der Waals surface area contributed by atoms with Crippen LogP contribution in [-0.4, -0.2) is 24.6 Å². The number of pyridine rings is 2. The van der Waals surface area contributed by atoms with Crippen LogP contribution in [0.3, 0.4) is 0 Å². The molecule has 122 valence electrons. The van der Waals surface area contributed by atoms with Gasteiger partial charge >= 0.3 is 0 Å². The molecular weight excluding hydrogens is 435 g/mol. The largest absolute Gasteiger partial charge is 0.261 e. The first-order chi connectivity index (χ1) is 11.3. The Morgan fingerprint density at radius 2 is 1.58 bits per heavy atom. The predicted molar refractivity (Wildman–Crippen MR) is 103 cm³/mol. The maximum Gasteiger partial charge on any atom is 0.175 e. The maximum absolute atomic E-state index is 11.6. The lowest BCUT2D eigenvalue weighted by Crippen LogP contribution is -1.97. The summed E-state index contributed by atoms with van der Waals surface area (Å²) in [6.45, 7) is 1.94. The molecule has 0 radical (unpaired) electrons. The van der Waals surface area contributed by atoms with E-state index in [0.29, 0.717) is 4.90 Å². The van der Waals surface area contributed by atoms with Crippen molar-refractivity contribution in [3.05, 3.63) is 64.1 Å². The van der Waals surface area contributed by atoms with Crippen LogP contribution in [0.5, 0.6) is 0 Å². The molecule has 0 saturated carbocycles. The second-order valence-electron chi connectivity index (χ2n) is 5.53.